The number of amides is 2. The number of hydrogen-bond donors (Lipinski definition) is 2. The van der Waals surface area contributed by atoms with Crippen molar-refractivity contribution in [3.63, 3.8) is 0 Å². The maximum absolute atomic E-state index is 13.0. The van der Waals surface area contributed by atoms with E-state index < -0.39 is 16.1 Å². The fourth-order valence-corrected chi connectivity index (χ4v) is 5.10. The lowest BCUT2D eigenvalue weighted by Gasteiger charge is -2.24. The maximum Gasteiger partial charge on any atom is 0.265 e. The molecule has 1 unspecified atom stereocenters. The first kappa shape index (κ1) is 22.9. The molecule has 1 atom stereocenters. The Bertz CT molecular complexity index is 1150. The van der Waals surface area contributed by atoms with Crippen molar-refractivity contribution in [2.45, 2.75) is 42.7 Å². The van der Waals surface area contributed by atoms with Gasteiger partial charge in [-0.3, -0.25) is 14.3 Å². The second-order valence-electron chi connectivity index (χ2n) is 8.14. The molecule has 4 rings (SSSR count). The molecule has 2 N–H and O–H groups in total. The van der Waals surface area contributed by atoms with Gasteiger partial charge in [0, 0.05) is 29.9 Å². The summed E-state index contributed by atoms with van der Waals surface area (Å²) in [7, 11) is -1.13. The number of nitrogens with one attached hydrogen (secondary N) is 2. The number of nitrogens with zero attached hydrogens (tertiary/aromatic N) is 1. The molecule has 1 aliphatic carbocycles. The highest BCUT2D eigenvalue weighted by Crippen LogP contribution is 2.30. The minimum absolute atomic E-state index is 0.0638. The van der Waals surface area contributed by atoms with Gasteiger partial charge in [-0.1, -0.05) is 0 Å². The number of rotatable bonds is 8. The molecule has 33 heavy (non-hydrogen) atoms. The summed E-state index contributed by atoms with van der Waals surface area (Å²) in [5, 5.41) is 2.97. The van der Waals surface area contributed by atoms with Gasteiger partial charge in [-0.15, -0.1) is 0 Å². The van der Waals surface area contributed by atoms with Crippen LogP contribution in [0.2, 0.25) is 0 Å². The number of hydrogen-bond acceptors (Lipinski definition) is 6. The number of anilines is 1. The van der Waals surface area contributed by atoms with E-state index in [1.165, 1.54) is 38.5 Å². The van der Waals surface area contributed by atoms with Crippen molar-refractivity contribution < 1.29 is 27.5 Å². The van der Waals surface area contributed by atoms with E-state index in [0.717, 1.165) is 19.3 Å². The quantitative estimate of drug-likeness (QED) is 0.609. The Balaban J connectivity index is 1.48. The van der Waals surface area contributed by atoms with Crippen molar-refractivity contribution in [1.29, 1.82) is 0 Å². The molecule has 0 bridgehead atoms. The molecule has 0 aromatic heterocycles. The first-order valence-corrected chi connectivity index (χ1v) is 12.3. The third-order valence-corrected chi connectivity index (χ3v) is 7.19. The Hall–Kier alpha value is -3.27. The van der Waals surface area contributed by atoms with E-state index >= 15 is 0 Å². The van der Waals surface area contributed by atoms with Crippen LogP contribution in [0, 0.1) is 0 Å². The first-order valence-electron chi connectivity index (χ1n) is 10.8. The van der Waals surface area contributed by atoms with Crippen LogP contribution in [0.3, 0.4) is 0 Å². The van der Waals surface area contributed by atoms with Crippen LogP contribution in [0.5, 0.6) is 11.5 Å². The molecule has 1 saturated carbocycles. The zero-order valence-electron chi connectivity index (χ0n) is 18.5. The highest BCUT2D eigenvalue weighted by Gasteiger charge is 2.36. The summed E-state index contributed by atoms with van der Waals surface area (Å²) < 4.78 is 38.6. The highest BCUT2D eigenvalue weighted by atomic mass is 32.2. The van der Waals surface area contributed by atoms with E-state index in [2.05, 4.69) is 10.0 Å². The van der Waals surface area contributed by atoms with Crippen LogP contribution in [-0.2, 0) is 14.8 Å². The Morgan fingerprint density at radius 2 is 1.73 bits per heavy atom. The van der Waals surface area contributed by atoms with Crippen molar-refractivity contribution in [2.75, 3.05) is 25.5 Å². The number of benzene rings is 2. The van der Waals surface area contributed by atoms with E-state index in [1.807, 2.05) is 0 Å². The van der Waals surface area contributed by atoms with Gasteiger partial charge in [0.2, 0.25) is 5.91 Å². The Morgan fingerprint density at radius 1 is 1.00 bits per heavy atom. The Labute approximate surface area is 193 Å². The van der Waals surface area contributed by atoms with E-state index in [-0.39, 0.29) is 28.5 Å². The summed E-state index contributed by atoms with van der Waals surface area (Å²) >= 11 is 0. The largest absolute Gasteiger partial charge is 0.497 e. The predicted molar refractivity (Wildman–Crippen MR) is 122 cm³/mol. The summed E-state index contributed by atoms with van der Waals surface area (Å²) in [5.74, 6) is 0.218. The second kappa shape index (κ2) is 9.30. The summed E-state index contributed by atoms with van der Waals surface area (Å²) in [6.45, 7) is 0.519. The fourth-order valence-electron chi connectivity index (χ4n) is 3.86. The lowest BCUT2D eigenvalue weighted by atomic mass is 10.1. The summed E-state index contributed by atoms with van der Waals surface area (Å²) in [6.07, 6.45) is 3.40. The lowest BCUT2D eigenvalue weighted by Crippen LogP contribution is -2.46. The van der Waals surface area contributed by atoms with E-state index in [1.54, 1.807) is 23.1 Å². The molecule has 10 heteroatoms. The number of likely N-dealkylation sites (tertiary alicyclic amines) is 1. The molecule has 176 valence electrons. The van der Waals surface area contributed by atoms with Gasteiger partial charge >= 0.3 is 0 Å². The number of carbonyl (C=O) groups excluding carboxylic acids is 2. The smallest absolute Gasteiger partial charge is 0.265 e. The van der Waals surface area contributed by atoms with E-state index in [9.17, 15) is 18.0 Å². The normalized spacial score (nSPS) is 18.0. The molecule has 2 aromatic carbocycles. The number of sulfonamides is 1. The Morgan fingerprint density at radius 3 is 2.36 bits per heavy atom. The van der Waals surface area contributed by atoms with E-state index in [4.69, 9.17) is 9.47 Å². The third-order valence-electron chi connectivity index (χ3n) is 5.78. The molecular formula is C23H27N3O6S. The van der Waals surface area contributed by atoms with Gasteiger partial charge in [-0.25, -0.2) is 8.42 Å². The van der Waals surface area contributed by atoms with Crippen LogP contribution in [-0.4, -0.2) is 58.0 Å². The molecule has 1 heterocycles. The number of methoxy groups -OCH3 is 2. The average Bonchev–Trinajstić information content (AvgIpc) is 3.49. The molecule has 2 aromatic rings. The maximum atomic E-state index is 13.0. The van der Waals surface area contributed by atoms with Crippen molar-refractivity contribution in [3.8, 4) is 11.5 Å². The molecule has 0 spiro atoms. The number of carbonyl (C=O) groups is 2. The van der Waals surface area contributed by atoms with Crippen molar-refractivity contribution in [1.82, 2.24) is 10.2 Å². The fraction of sp³-hybridized carbons (Fsp3) is 0.391. The van der Waals surface area contributed by atoms with Gasteiger partial charge in [0.1, 0.15) is 22.4 Å². The van der Waals surface area contributed by atoms with Gasteiger partial charge in [0.25, 0.3) is 15.9 Å². The Kier molecular flexibility index (Phi) is 6.46. The second-order valence-corrected chi connectivity index (χ2v) is 9.79. The van der Waals surface area contributed by atoms with Gasteiger partial charge < -0.3 is 19.7 Å². The molecule has 2 amide bonds. The summed E-state index contributed by atoms with van der Waals surface area (Å²) in [5.41, 5.74) is 0.684. The summed E-state index contributed by atoms with van der Waals surface area (Å²) in [4.78, 5) is 27.0. The van der Waals surface area contributed by atoms with Crippen LogP contribution in [0.15, 0.2) is 47.4 Å². The van der Waals surface area contributed by atoms with Gasteiger partial charge in [-0.05, 0) is 62.1 Å². The monoisotopic (exact) mass is 473 g/mol. The zero-order chi connectivity index (χ0) is 23.6. The molecule has 2 fully saturated rings. The average molecular weight is 474 g/mol. The van der Waals surface area contributed by atoms with Crippen molar-refractivity contribution in [2.24, 2.45) is 0 Å². The zero-order valence-corrected chi connectivity index (χ0v) is 19.4. The first-order chi connectivity index (χ1) is 15.8. The molecule has 9 nitrogen and oxygen atoms in total. The van der Waals surface area contributed by atoms with Gasteiger partial charge in [0.15, 0.2) is 0 Å². The standard InChI is InChI=1S/C23H27N3O6S/c1-31-18-11-12-20(32-2)21(14-18)33(29,30)25-17-7-5-15(6-8-17)23(28)26-13-3-4-19(26)22(27)24-16-9-10-16/h5-8,11-12,14,16,19,25H,3-4,9-10,13H2,1-2H3,(H,24,27). The van der Waals surface area contributed by atoms with Gasteiger partial charge in [-0.2, -0.15) is 0 Å². The van der Waals surface area contributed by atoms with Crippen molar-refractivity contribution >= 4 is 27.5 Å². The predicted octanol–water partition coefficient (Wildman–Crippen LogP) is 2.39. The SMILES string of the molecule is COc1ccc(OC)c(S(=O)(=O)Nc2ccc(C(=O)N3CCCC3C(=O)NC3CC3)cc2)c1. The minimum Gasteiger partial charge on any atom is -0.497 e. The van der Waals surface area contributed by atoms with Crippen LogP contribution in [0.1, 0.15) is 36.0 Å². The minimum atomic E-state index is -3.97. The van der Waals surface area contributed by atoms with Crippen LogP contribution in [0.4, 0.5) is 5.69 Å². The van der Waals surface area contributed by atoms with Crippen LogP contribution in [0.25, 0.3) is 0 Å². The third kappa shape index (κ3) is 5.05. The highest BCUT2D eigenvalue weighted by molar-refractivity contribution is 7.92. The molecular weight excluding hydrogens is 446 g/mol. The van der Waals surface area contributed by atoms with Crippen LogP contribution < -0.4 is 19.5 Å². The van der Waals surface area contributed by atoms with Gasteiger partial charge in [0.05, 0.1) is 14.2 Å². The van der Waals surface area contributed by atoms with Crippen LogP contribution >= 0.6 is 0 Å². The molecule has 1 saturated heterocycles. The lowest BCUT2D eigenvalue weighted by molar-refractivity contribution is -0.125. The molecule has 1 aliphatic heterocycles. The number of ether oxygens (including phenoxy) is 2. The topological polar surface area (TPSA) is 114 Å². The molecule has 0 radical (unpaired) electrons. The van der Waals surface area contributed by atoms with E-state index in [0.29, 0.717) is 30.0 Å². The molecule has 2 aliphatic rings. The summed E-state index contributed by atoms with van der Waals surface area (Å²) in [6, 6.07) is 10.4. The van der Waals surface area contributed by atoms with Crippen molar-refractivity contribution in [3.05, 3.63) is 48.0 Å².